The molecule has 2 aromatic rings. The second-order valence-corrected chi connectivity index (χ2v) is 7.48. The van der Waals surface area contributed by atoms with E-state index in [1.807, 2.05) is 30.3 Å². The summed E-state index contributed by atoms with van der Waals surface area (Å²) in [5.41, 5.74) is 3.46. The van der Waals surface area contributed by atoms with Gasteiger partial charge in [0.1, 0.15) is 6.61 Å². The fraction of sp³-hybridized carbons (Fsp3) is 0.391. The largest absolute Gasteiger partial charge is 0.356 e. The van der Waals surface area contributed by atoms with Crippen molar-refractivity contribution in [1.82, 2.24) is 10.6 Å². The van der Waals surface area contributed by atoms with Gasteiger partial charge in [-0.05, 0) is 35.4 Å². The van der Waals surface area contributed by atoms with Crippen molar-refractivity contribution in [2.75, 3.05) is 13.2 Å². The minimum atomic E-state index is -0.717. The summed E-state index contributed by atoms with van der Waals surface area (Å²) in [6, 6.07) is 17.6. The van der Waals surface area contributed by atoms with E-state index < -0.39 is 12.1 Å². The first-order chi connectivity index (χ1) is 13.5. The van der Waals surface area contributed by atoms with E-state index in [0.717, 1.165) is 18.4 Å². The molecule has 5 heteroatoms. The van der Waals surface area contributed by atoms with Crippen LogP contribution in [0.4, 0.5) is 0 Å². The minimum absolute atomic E-state index is 0.0936. The van der Waals surface area contributed by atoms with E-state index in [2.05, 4.69) is 48.7 Å². The number of carbonyl (C=O) groups is 2. The molecule has 0 unspecified atom stereocenters. The van der Waals surface area contributed by atoms with Crippen molar-refractivity contribution < 1.29 is 14.3 Å². The number of nitrogens with one attached hydrogen (secondary N) is 2. The van der Waals surface area contributed by atoms with Crippen LogP contribution >= 0.6 is 0 Å². The molecule has 2 amide bonds. The SMILES string of the molecule is CC(C)c1ccc(CCCNC(=O)[C@H]2OCC(=O)N[C@@H]2c2ccccc2)cc1. The number of hydrogen-bond donors (Lipinski definition) is 2. The lowest BCUT2D eigenvalue weighted by Crippen LogP contribution is -2.52. The van der Waals surface area contributed by atoms with Gasteiger partial charge in [0.2, 0.25) is 5.91 Å². The van der Waals surface area contributed by atoms with Gasteiger partial charge < -0.3 is 15.4 Å². The molecule has 0 bridgehead atoms. The molecule has 0 saturated carbocycles. The van der Waals surface area contributed by atoms with Crippen LogP contribution in [-0.2, 0) is 20.7 Å². The number of benzene rings is 2. The fourth-order valence-corrected chi connectivity index (χ4v) is 3.37. The van der Waals surface area contributed by atoms with Gasteiger partial charge in [0.15, 0.2) is 6.10 Å². The maximum atomic E-state index is 12.6. The van der Waals surface area contributed by atoms with E-state index in [4.69, 9.17) is 4.74 Å². The third-order valence-corrected chi connectivity index (χ3v) is 5.02. The number of carbonyl (C=O) groups excluding carboxylic acids is 2. The highest BCUT2D eigenvalue weighted by atomic mass is 16.5. The van der Waals surface area contributed by atoms with E-state index in [1.54, 1.807) is 0 Å². The molecule has 5 nitrogen and oxygen atoms in total. The Labute approximate surface area is 166 Å². The summed E-state index contributed by atoms with van der Waals surface area (Å²) in [7, 11) is 0. The Kier molecular flexibility index (Phi) is 6.82. The predicted molar refractivity (Wildman–Crippen MR) is 109 cm³/mol. The molecule has 2 aromatic carbocycles. The highest BCUT2D eigenvalue weighted by Crippen LogP contribution is 2.22. The van der Waals surface area contributed by atoms with Crippen molar-refractivity contribution in [1.29, 1.82) is 0 Å². The second-order valence-electron chi connectivity index (χ2n) is 7.48. The minimum Gasteiger partial charge on any atom is -0.356 e. The van der Waals surface area contributed by atoms with Crippen molar-refractivity contribution >= 4 is 11.8 Å². The van der Waals surface area contributed by atoms with Gasteiger partial charge in [0.05, 0.1) is 6.04 Å². The van der Waals surface area contributed by atoms with Crippen molar-refractivity contribution in [3.05, 3.63) is 71.3 Å². The van der Waals surface area contributed by atoms with Crippen molar-refractivity contribution in [3.8, 4) is 0 Å². The van der Waals surface area contributed by atoms with E-state index in [1.165, 1.54) is 11.1 Å². The van der Waals surface area contributed by atoms with E-state index in [9.17, 15) is 9.59 Å². The number of amides is 2. The van der Waals surface area contributed by atoms with Gasteiger partial charge in [-0.3, -0.25) is 9.59 Å². The molecule has 1 saturated heterocycles. The highest BCUT2D eigenvalue weighted by molar-refractivity contribution is 5.86. The highest BCUT2D eigenvalue weighted by Gasteiger charge is 2.35. The summed E-state index contributed by atoms with van der Waals surface area (Å²) in [4.78, 5) is 24.4. The predicted octanol–water partition coefficient (Wildman–Crippen LogP) is 3.12. The van der Waals surface area contributed by atoms with Crippen LogP contribution in [0.2, 0.25) is 0 Å². The Balaban J connectivity index is 1.51. The normalized spacial score (nSPS) is 19.3. The first kappa shape index (κ1) is 20.1. The zero-order chi connectivity index (χ0) is 19.9. The zero-order valence-corrected chi connectivity index (χ0v) is 16.5. The van der Waals surface area contributed by atoms with Crippen LogP contribution < -0.4 is 10.6 Å². The third kappa shape index (κ3) is 5.20. The van der Waals surface area contributed by atoms with Gasteiger partial charge in [-0.1, -0.05) is 68.4 Å². The maximum Gasteiger partial charge on any atom is 0.251 e. The van der Waals surface area contributed by atoms with Gasteiger partial charge >= 0.3 is 0 Å². The van der Waals surface area contributed by atoms with E-state index in [0.29, 0.717) is 12.5 Å². The van der Waals surface area contributed by atoms with Gasteiger partial charge in [0.25, 0.3) is 5.91 Å². The zero-order valence-electron chi connectivity index (χ0n) is 16.5. The Morgan fingerprint density at radius 1 is 1.14 bits per heavy atom. The molecule has 2 N–H and O–H groups in total. The molecule has 1 aliphatic heterocycles. The summed E-state index contributed by atoms with van der Waals surface area (Å²) < 4.78 is 5.55. The topological polar surface area (TPSA) is 67.4 Å². The molecule has 0 spiro atoms. The molecular formula is C23H28N2O3. The van der Waals surface area contributed by atoms with Crippen LogP contribution in [0.5, 0.6) is 0 Å². The number of hydrogen-bond acceptors (Lipinski definition) is 3. The summed E-state index contributed by atoms with van der Waals surface area (Å²) in [5.74, 6) is 0.133. The average molecular weight is 380 g/mol. The summed E-state index contributed by atoms with van der Waals surface area (Å²) in [6.45, 7) is 4.84. The van der Waals surface area contributed by atoms with Gasteiger partial charge in [0, 0.05) is 6.54 Å². The lowest BCUT2D eigenvalue weighted by molar-refractivity contribution is -0.148. The first-order valence-corrected chi connectivity index (χ1v) is 9.87. The Bertz CT molecular complexity index is 787. The van der Waals surface area contributed by atoms with Gasteiger partial charge in [-0.2, -0.15) is 0 Å². The summed E-state index contributed by atoms with van der Waals surface area (Å²) >= 11 is 0. The van der Waals surface area contributed by atoms with Crippen LogP contribution in [0.25, 0.3) is 0 Å². The molecule has 28 heavy (non-hydrogen) atoms. The van der Waals surface area contributed by atoms with Crippen LogP contribution in [0, 0.1) is 0 Å². The molecule has 148 valence electrons. The van der Waals surface area contributed by atoms with Crippen molar-refractivity contribution in [2.24, 2.45) is 0 Å². The standard InChI is InChI=1S/C23H28N2O3/c1-16(2)18-12-10-17(11-13-18)7-6-14-24-23(27)22-21(25-20(26)15-28-22)19-8-4-3-5-9-19/h3-5,8-13,16,21-22H,6-7,14-15H2,1-2H3,(H,24,27)(H,25,26)/t21-,22+/m1/s1. The summed E-state index contributed by atoms with van der Waals surface area (Å²) in [6.07, 6.45) is 1.04. The molecule has 1 fully saturated rings. The molecule has 1 aliphatic rings. The number of rotatable bonds is 7. The maximum absolute atomic E-state index is 12.6. The quantitative estimate of drug-likeness (QED) is 0.726. The first-order valence-electron chi connectivity index (χ1n) is 9.87. The molecule has 3 rings (SSSR count). The number of morpholine rings is 1. The lowest BCUT2D eigenvalue weighted by atomic mass is 9.99. The van der Waals surface area contributed by atoms with Crippen LogP contribution in [0.1, 0.15) is 48.9 Å². The molecule has 2 atom stereocenters. The van der Waals surface area contributed by atoms with Gasteiger partial charge in [-0.15, -0.1) is 0 Å². The molecule has 1 heterocycles. The number of ether oxygens (including phenoxy) is 1. The van der Waals surface area contributed by atoms with E-state index >= 15 is 0 Å². The number of aryl methyl sites for hydroxylation is 1. The van der Waals surface area contributed by atoms with Crippen molar-refractivity contribution in [3.63, 3.8) is 0 Å². The monoisotopic (exact) mass is 380 g/mol. The molecule has 0 radical (unpaired) electrons. The molecular weight excluding hydrogens is 352 g/mol. The van der Waals surface area contributed by atoms with E-state index in [-0.39, 0.29) is 18.4 Å². The summed E-state index contributed by atoms with van der Waals surface area (Å²) in [5, 5.41) is 5.82. The molecule has 0 aromatic heterocycles. The Morgan fingerprint density at radius 2 is 1.86 bits per heavy atom. The Morgan fingerprint density at radius 3 is 2.54 bits per heavy atom. The van der Waals surface area contributed by atoms with Crippen LogP contribution in [0.15, 0.2) is 54.6 Å². The third-order valence-electron chi connectivity index (χ3n) is 5.02. The lowest BCUT2D eigenvalue weighted by Gasteiger charge is -2.31. The fourth-order valence-electron chi connectivity index (χ4n) is 3.37. The van der Waals surface area contributed by atoms with Crippen LogP contribution in [-0.4, -0.2) is 31.1 Å². The van der Waals surface area contributed by atoms with Gasteiger partial charge in [-0.25, -0.2) is 0 Å². The Hall–Kier alpha value is -2.66. The average Bonchev–Trinajstić information content (AvgIpc) is 2.72. The second kappa shape index (κ2) is 9.51. The van der Waals surface area contributed by atoms with Crippen molar-refractivity contribution in [2.45, 2.75) is 44.8 Å². The van der Waals surface area contributed by atoms with Crippen LogP contribution in [0.3, 0.4) is 0 Å². The molecule has 0 aliphatic carbocycles. The smallest absolute Gasteiger partial charge is 0.251 e.